The van der Waals surface area contributed by atoms with Gasteiger partial charge in [-0.25, -0.2) is 8.42 Å². The van der Waals surface area contributed by atoms with Gasteiger partial charge in [-0.05, 0) is 41.0 Å². The molecule has 0 saturated carbocycles. The van der Waals surface area contributed by atoms with Crippen LogP contribution in [0.25, 0.3) is 12.2 Å². The van der Waals surface area contributed by atoms with Crippen molar-refractivity contribution in [2.45, 2.75) is 10.6 Å². The zero-order chi connectivity index (χ0) is 29.4. The van der Waals surface area contributed by atoms with Crippen molar-refractivity contribution in [1.29, 1.82) is 0 Å². The highest BCUT2D eigenvalue weighted by molar-refractivity contribution is 7.90. The van der Waals surface area contributed by atoms with Crippen LogP contribution in [0, 0.1) is 0 Å². The molecule has 3 aromatic rings. The van der Waals surface area contributed by atoms with Crippen LogP contribution in [0.1, 0.15) is 16.7 Å². The van der Waals surface area contributed by atoms with E-state index >= 15 is 0 Å². The summed E-state index contributed by atoms with van der Waals surface area (Å²) in [4.78, 5) is 0.0105. The first-order chi connectivity index (χ1) is 19.2. The molecule has 3 aromatic carbocycles. The van der Waals surface area contributed by atoms with E-state index in [1.807, 2.05) is 0 Å². The molecule has 10 nitrogen and oxygen atoms in total. The maximum atomic E-state index is 13.7. The molecule has 0 heterocycles. The van der Waals surface area contributed by atoms with Crippen LogP contribution in [0.5, 0.6) is 46.0 Å². The third-order valence-corrected chi connectivity index (χ3v) is 7.78. The van der Waals surface area contributed by atoms with E-state index in [-0.39, 0.29) is 22.1 Å². The van der Waals surface area contributed by atoms with Gasteiger partial charge in [-0.15, -0.1) is 0 Å². The molecule has 216 valence electrons. The molecule has 0 saturated heterocycles. The number of sulfone groups is 1. The Morgan fingerprint density at radius 2 is 0.950 bits per heavy atom. The Kier molecular flexibility index (Phi) is 10.0. The van der Waals surface area contributed by atoms with Crippen molar-refractivity contribution < 1.29 is 46.3 Å². The molecule has 0 aliphatic heterocycles. The van der Waals surface area contributed by atoms with E-state index in [9.17, 15) is 8.42 Å². The zero-order valence-corrected chi connectivity index (χ0v) is 24.6. The first-order valence-corrected chi connectivity index (χ1v) is 13.6. The molecule has 0 radical (unpaired) electrons. The molecule has 0 bridgehead atoms. The van der Waals surface area contributed by atoms with Crippen LogP contribution in [0.3, 0.4) is 0 Å². The van der Waals surface area contributed by atoms with Gasteiger partial charge in [0.2, 0.25) is 11.5 Å². The lowest BCUT2D eigenvalue weighted by atomic mass is 10.1. The Labute approximate surface area is 234 Å². The van der Waals surface area contributed by atoms with Gasteiger partial charge in [-0.1, -0.05) is 12.2 Å². The predicted octanol–water partition coefficient (Wildman–Crippen LogP) is 4.90. The summed E-state index contributed by atoms with van der Waals surface area (Å²) in [7, 11) is 8.00. The zero-order valence-electron chi connectivity index (χ0n) is 23.8. The van der Waals surface area contributed by atoms with Gasteiger partial charge in [0.1, 0.15) is 0 Å². The van der Waals surface area contributed by atoms with Crippen LogP contribution in [0.4, 0.5) is 0 Å². The Hall–Kier alpha value is -4.25. The highest BCUT2D eigenvalue weighted by atomic mass is 32.2. The lowest BCUT2D eigenvalue weighted by molar-refractivity contribution is 0.323. The van der Waals surface area contributed by atoms with E-state index in [0.29, 0.717) is 45.6 Å². The lowest BCUT2D eigenvalue weighted by Crippen LogP contribution is -2.08. The maximum absolute atomic E-state index is 13.7. The van der Waals surface area contributed by atoms with Gasteiger partial charge in [-0.3, -0.25) is 0 Å². The van der Waals surface area contributed by atoms with Crippen molar-refractivity contribution in [3.63, 3.8) is 0 Å². The third-order valence-electron chi connectivity index (χ3n) is 6.13. The van der Waals surface area contributed by atoms with Gasteiger partial charge in [0.05, 0.1) is 67.5 Å². The number of ether oxygens (including phenoxy) is 8. The summed E-state index contributed by atoms with van der Waals surface area (Å²) in [5.41, 5.74) is 1.82. The van der Waals surface area contributed by atoms with Crippen LogP contribution in [-0.2, 0) is 15.6 Å². The highest BCUT2D eigenvalue weighted by Crippen LogP contribution is 2.41. The molecular weight excluding hydrogens is 540 g/mol. The molecule has 11 heteroatoms. The van der Waals surface area contributed by atoms with Crippen molar-refractivity contribution in [2.75, 3.05) is 56.9 Å². The van der Waals surface area contributed by atoms with Crippen LogP contribution >= 0.6 is 0 Å². The molecule has 0 spiro atoms. The molecule has 0 atom stereocenters. The van der Waals surface area contributed by atoms with E-state index in [1.54, 1.807) is 36.4 Å². The molecule has 0 aliphatic carbocycles. The minimum absolute atomic E-state index is 0.0105. The standard InChI is InChI=1S/C29H34O10S/c1-32-22-13-19(10-9-18-11-24(34-3)28(38-7)25(12-18)35-4)20(14-23(22)33-2)17-40(30,31)21-15-26(36-5)29(39-8)27(16-21)37-6/h9-16H,17H2,1-8H3/b10-9-. The predicted molar refractivity (Wildman–Crippen MR) is 152 cm³/mol. The average Bonchev–Trinajstić information content (AvgIpc) is 2.98. The van der Waals surface area contributed by atoms with Gasteiger partial charge in [-0.2, -0.15) is 0 Å². The fourth-order valence-corrected chi connectivity index (χ4v) is 5.52. The van der Waals surface area contributed by atoms with Gasteiger partial charge >= 0.3 is 0 Å². The number of hydrogen-bond donors (Lipinski definition) is 0. The highest BCUT2D eigenvalue weighted by Gasteiger charge is 2.24. The number of benzene rings is 3. The van der Waals surface area contributed by atoms with Crippen molar-refractivity contribution >= 4 is 22.0 Å². The second-order valence-corrected chi connectivity index (χ2v) is 10.3. The average molecular weight is 575 g/mol. The van der Waals surface area contributed by atoms with Crippen molar-refractivity contribution in [1.82, 2.24) is 0 Å². The quantitative estimate of drug-likeness (QED) is 0.262. The van der Waals surface area contributed by atoms with Crippen LogP contribution in [-0.4, -0.2) is 65.3 Å². The molecule has 0 aromatic heterocycles. The Morgan fingerprint density at radius 1 is 0.525 bits per heavy atom. The second-order valence-electron chi connectivity index (χ2n) is 8.32. The van der Waals surface area contributed by atoms with Crippen LogP contribution < -0.4 is 37.9 Å². The molecule has 0 aliphatic rings. The summed E-state index contributed by atoms with van der Waals surface area (Å²) in [5, 5.41) is 0. The third kappa shape index (κ3) is 6.31. The summed E-state index contributed by atoms with van der Waals surface area (Å²) >= 11 is 0. The summed E-state index contributed by atoms with van der Waals surface area (Å²) in [6.07, 6.45) is 3.59. The fourth-order valence-electron chi connectivity index (χ4n) is 4.13. The number of rotatable bonds is 13. The lowest BCUT2D eigenvalue weighted by Gasteiger charge is -2.16. The maximum Gasteiger partial charge on any atom is 0.203 e. The van der Waals surface area contributed by atoms with Crippen LogP contribution in [0.2, 0.25) is 0 Å². The van der Waals surface area contributed by atoms with Gasteiger partial charge < -0.3 is 37.9 Å². The van der Waals surface area contributed by atoms with Crippen molar-refractivity contribution in [3.05, 3.63) is 53.1 Å². The molecule has 3 rings (SSSR count). The van der Waals surface area contributed by atoms with E-state index in [2.05, 4.69) is 0 Å². The minimum atomic E-state index is -3.89. The summed E-state index contributed by atoms with van der Waals surface area (Å²) in [5.74, 6) is 2.68. The minimum Gasteiger partial charge on any atom is -0.493 e. The Balaban J connectivity index is 2.13. The Morgan fingerprint density at radius 3 is 1.38 bits per heavy atom. The summed E-state index contributed by atoms with van der Waals surface area (Å²) < 4.78 is 70.6. The van der Waals surface area contributed by atoms with E-state index in [0.717, 1.165) is 5.56 Å². The van der Waals surface area contributed by atoms with Gasteiger partial charge in [0.25, 0.3) is 0 Å². The van der Waals surface area contributed by atoms with Crippen molar-refractivity contribution in [3.8, 4) is 46.0 Å². The molecule has 0 fully saturated rings. The SMILES string of the molecule is COc1cc(/C=C\c2cc(OC)c(OC)c(OC)c2)c(CS(=O)(=O)c2cc(OC)c(OC)c(OC)c2)cc1OC. The number of methoxy groups -OCH3 is 8. The number of hydrogen-bond acceptors (Lipinski definition) is 10. The Bertz CT molecular complexity index is 1430. The largest absolute Gasteiger partial charge is 0.493 e. The van der Waals surface area contributed by atoms with Gasteiger partial charge in [0.15, 0.2) is 44.3 Å². The summed E-state index contributed by atoms with van der Waals surface area (Å²) in [6, 6.07) is 9.73. The molecule has 0 unspecified atom stereocenters. The first kappa shape index (κ1) is 30.3. The fraction of sp³-hybridized carbons (Fsp3) is 0.310. The van der Waals surface area contributed by atoms with E-state index in [4.69, 9.17) is 37.9 Å². The molecule has 0 amide bonds. The van der Waals surface area contributed by atoms with E-state index < -0.39 is 9.84 Å². The molecule has 0 N–H and O–H groups in total. The molecular formula is C29H34O10S. The second kappa shape index (κ2) is 13.2. The normalized spacial score (nSPS) is 11.2. The van der Waals surface area contributed by atoms with E-state index in [1.165, 1.54) is 69.0 Å². The first-order valence-electron chi connectivity index (χ1n) is 12.0. The topological polar surface area (TPSA) is 108 Å². The monoisotopic (exact) mass is 574 g/mol. The molecule has 40 heavy (non-hydrogen) atoms. The van der Waals surface area contributed by atoms with Gasteiger partial charge in [0, 0.05) is 12.1 Å². The summed E-state index contributed by atoms with van der Waals surface area (Å²) in [6.45, 7) is 0. The van der Waals surface area contributed by atoms with Crippen LogP contribution in [0.15, 0.2) is 41.3 Å². The smallest absolute Gasteiger partial charge is 0.203 e. The van der Waals surface area contributed by atoms with Crippen molar-refractivity contribution in [2.24, 2.45) is 0 Å².